The molecule has 3 aliphatic rings. The van der Waals surface area contributed by atoms with Crippen molar-refractivity contribution in [3.8, 4) is 0 Å². The lowest BCUT2D eigenvalue weighted by atomic mass is 9.86. The van der Waals surface area contributed by atoms with E-state index in [1.165, 1.54) is 70.8 Å². The van der Waals surface area contributed by atoms with Crippen LogP contribution in [0.2, 0.25) is 0 Å². The van der Waals surface area contributed by atoms with Crippen molar-refractivity contribution in [2.75, 3.05) is 13.1 Å². The molecular formula is C17H32N2. The maximum absolute atomic E-state index is 3.68. The molecule has 0 radical (unpaired) electrons. The normalized spacial score (nSPS) is 36.8. The Kier molecular flexibility index (Phi) is 4.81. The van der Waals surface area contributed by atoms with Gasteiger partial charge in [0.15, 0.2) is 0 Å². The monoisotopic (exact) mass is 264 g/mol. The van der Waals surface area contributed by atoms with E-state index in [1.807, 2.05) is 0 Å². The molecule has 2 bridgehead atoms. The summed E-state index contributed by atoms with van der Waals surface area (Å²) in [4.78, 5) is 2.89. The van der Waals surface area contributed by atoms with Crippen molar-refractivity contribution in [1.82, 2.24) is 10.2 Å². The Morgan fingerprint density at radius 1 is 0.947 bits per heavy atom. The Morgan fingerprint density at radius 2 is 1.63 bits per heavy atom. The van der Waals surface area contributed by atoms with E-state index in [4.69, 9.17) is 0 Å². The van der Waals surface area contributed by atoms with Gasteiger partial charge in [-0.1, -0.05) is 39.0 Å². The Hall–Kier alpha value is -0.0800. The molecule has 2 saturated heterocycles. The Bertz CT molecular complexity index is 258. The molecule has 0 amide bonds. The maximum Gasteiger partial charge on any atom is 0.0114 e. The van der Waals surface area contributed by atoms with Crippen LogP contribution in [0.5, 0.6) is 0 Å². The lowest BCUT2D eigenvalue weighted by Gasteiger charge is -2.40. The molecule has 0 aromatic carbocycles. The summed E-state index contributed by atoms with van der Waals surface area (Å²) < 4.78 is 0. The quantitative estimate of drug-likeness (QED) is 0.817. The molecule has 0 aromatic heterocycles. The molecule has 3 rings (SSSR count). The molecule has 0 aromatic rings. The van der Waals surface area contributed by atoms with Crippen LogP contribution in [-0.4, -0.2) is 36.1 Å². The van der Waals surface area contributed by atoms with Crippen LogP contribution in [0.25, 0.3) is 0 Å². The van der Waals surface area contributed by atoms with Gasteiger partial charge in [-0.3, -0.25) is 4.90 Å². The summed E-state index contributed by atoms with van der Waals surface area (Å²) in [5, 5.41) is 3.68. The van der Waals surface area contributed by atoms with Crippen LogP contribution in [0, 0.1) is 5.92 Å². The van der Waals surface area contributed by atoms with Crippen LogP contribution >= 0.6 is 0 Å². The third-order valence-corrected chi connectivity index (χ3v) is 5.90. The minimum absolute atomic E-state index is 0.813. The largest absolute Gasteiger partial charge is 0.314 e. The minimum atomic E-state index is 0.813. The summed E-state index contributed by atoms with van der Waals surface area (Å²) >= 11 is 0. The van der Waals surface area contributed by atoms with Gasteiger partial charge in [0.25, 0.3) is 0 Å². The van der Waals surface area contributed by atoms with Gasteiger partial charge >= 0.3 is 0 Å². The molecule has 2 atom stereocenters. The van der Waals surface area contributed by atoms with Gasteiger partial charge in [0.05, 0.1) is 0 Å². The van der Waals surface area contributed by atoms with Gasteiger partial charge in [-0.15, -0.1) is 0 Å². The number of hydrogen-bond donors (Lipinski definition) is 1. The second kappa shape index (κ2) is 6.58. The summed E-state index contributed by atoms with van der Waals surface area (Å²) in [6.07, 6.45) is 14.8. The first-order chi connectivity index (χ1) is 9.36. The van der Waals surface area contributed by atoms with Gasteiger partial charge in [0.2, 0.25) is 0 Å². The number of nitrogens with zero attached hydrogens (tertiary/aromatic N) is 1. The first-order valence-corrected chi connectivity index (χ1v) is 8.86. The molecule has 2 heteroatoms. The number of nitrogens with one attached hydrogen (secondary N) is 1. The lowest BCUT2D eigenvalue weighted by Crippen LogP contribution is -2.49. The zero-order chi connectivity index (χ0) is 13.1. The molecular weight excluding hydrogens is 232 g/mol. The minimum Gasteiger partial charge on any atom is -0.314 e. The summed E-state index contributed by atoms with van der Waals surface area (Å²) in [7, 11) is 0. The smallest absolute Gasteiger partial charge is 0.0114 e. The molecule has 2 aliphatic heterocycles. The number of piperidine rings is 1. The van der Waals surface area contributed by atoms with E-state index >= 15 is 0 Å². The maximum atomic E-state index is 3.68. The van der Waals surface area contributed by atoms with Gasteiger partial charge in [-0.2, -0.15) is 0 Å². The third-order valence-electron chi connectivity index (χ3n) is 5.90. The molecule has 2 unspecified atom stereocenters. The van der Waals surface area contributed by atoms with Crippen molar-refractivity contribution >= 4 is 0 Å². The third kappa shape index (κ3) is 3.33. The van der Waals surface area contributed by atoms with Crippen LogP contribution in [0.1, 0.15) is 71.1 Å². The van der Waals surface area contributed by atoms with Crippen molar-refractivity contribution in [3.63, 3.8) is 0 Å². The van der Waals surface area contributed by atoms with Crippen LogP contribution in [0.15, 0.2) is 0 Å². The van der Waals surface area contributed by atoms with Crippen molar-refractivity contribution in [2.45, 2.75) is 89.3 Å². The van der Waals surface area contributed by atoms with Crippen molar-refractivity contribution in [2.24, 2.45) is 5.92 Å². The van der Waals surface area contributed by atoms with Crippen LogP contribution in [-0.2, 0) is 0 Å². The standard InChI is InChI=1S/C17H32N2/c1-2-18-15-12-16-8-9-17(13-15)19(16)11-10-14-6-4-3-5-7-14/h14-18H,2-13H2,1H3. The zero-order valence-corrected chi connectivity index (χ0v) is 12.7. The highest BCUT2D eigenvalue weighted by Gasteiger charge is 2.40. The van der Waals surface area contributed by atoms with Crippen molar-refractivity contribution in [3.05, 3.63) is 0 Å². The van der Waals surface area contributed by atoms with E-state index in [1.54, 1.807) is 0 Å². The average Bonchev–Trinajstić information content (AvgIpc) is 2.68. The fraction of sp³-hybridized carbons (Fsp3) is 1.00. The van der Waals surface area contributed by atoms with E-state index < -0.39 is 0 Å². The van der Waals surface area contributed by atoms with Gasteiger partial charge in [-0.05, 0) is 51.1 Å². The number of fused-ring (bicyclic) bond motifs is 2. The van der Waals surface area contributed by atoms with Crippen LogP contribution in [0.4, 0.5) is 0 Å². The van der Waals surface area contributed by atoms with E-state index in [-0.39, 0.29) is 0 Å². The Morgan fingerprint density at radius 3 is 2.26 bits per heavy atom. The zero-order valence-electron chi connectivity index (χ0n) is 12.7. The van der Waals surface area contributed by atoms with E-state index in [0.29, 0.717) is 0 Å². The predicted octanol–water partition coefficient (Wildman–Crippen LogP) is 3.56. The summed E-state index contributed by atoms with van der Waals surface area (Å²) in [5.41, 5.74) is 0. The van der Waals surface area contributed by atoms with Crippen LogP contribution < -0.4 is 5.32 Å². The second-order valence-corrected chi connectivity index (χ2v) is 7.14. The summed E-state index contributed by atoms with van der Waals surface area (Å²) in [6, 6.07) is 2.63. The Labute approximate surface area is 119 Å². The average molecular weight is 264 g/mol. The summed E-state index contributed by atoms with van der Waals surface area (Å²) in [6.45, 7) is 4.79. The first kappa shape index (κ1) is 13.9. The van der Waals surface area contributed by atoms with Gasteiger partial charge in [-0.25, -0.2) is 0 Å². The van der Waals surface area contributed by atoms with Gasteiger partial charge < -0.3 is 5.32 Å². The number of rotatable bonds is 5. The highest BCUT2D eigenvalue weighted by molar-refractivity contribution is 4.97. The molecule has 1 saturated carbocycles. The van der Waals surface area contributed by atoms with Crippen molar-refractivity contribution in [1.29, 1.82) is 0 Å². The second-order valence-electron chi connectivity index (χ2n) is 7.14. The fourth-order valence-corrected chi connectivity index (χ4v) is 4.90. The highest BCUT2D eigenvalue weighted by atomic mass is 15.2. The van der Waals surface area contributed by atoms with E-state index in [0.717, 1.165) is 30.6 Å². The Balaban J connectivity index is 1.47. The molecule has 1 aliphatic carbocycles. The molecule has 3 fully saturated rings. The van der Waals surface area contributed by atoms with E-state index in [9.17, 15) is 0 Å². The molecule has 0 spiro atoms. The molecule has 1 N–H and O–H groups in total. The fourth-order valence-electron chi connectivity index (χ4n) is 4.90. The number of hydrogen-bond acceptors (Lipinski definition) is 2. The molecule has 2 nitrogen and oxygen atoms in total. The van der Waals surface area contributed by atoms with Crippen LogP contribution in [0.3, 0.4) is 0 Å². The summed E-state index contributed by atoms with van der Waals surface area (Å²) in [5.74, 6) is 1.06. The topological polar surface area (TPSA) is 15.3 Å². The first-order valence-electron chi connectivity index (χ1n) is 8.86. The predicted molar refractivity (Wildman–Crippen MR) is 81.4 cm³/mol. The molecule has 2 heterocycles. The molecule has 110 valence electrons. The van der Waals surface area contributed by atoms with Gasteiger partial charge in [0.1, 0.15) is 0 Å². The van der Waals surface area contributed by atoms with Crippen molar-refractivity contribution < 1.29 is 0 Å². The SMILES string of the molecule is CCNC1CC2CCC(C1)N2CCC1CCCCC1. The van der Waals surface area contributed by atoms with Gasteiger partial charge in [0, 0.05) is 18.1 Å². The lowest BCUT2D eigenvalue weighted by molar-refractivity contribution is 0.106. The van der Waals surface area contributed by atoms with E-state index in [2.05, 4.69) is 17.1 Å². The highest BCUT2D eigenvalue weighted by Crippen LogP contribution is 2.37. The molecule has 19 heavy (non-hydrogen) atoms.